The van der Waals surface area contributed by atoms with E-state index in [1.807, 2.05) is 16.8 Å². The number of aromatic nitrogens is 1. The highest BCUT2D eigenvalue weighted by atomic mass is 16.5. The van der Waals surface area contributed by atoms with E-state index < -0.39 is 0 Å². The minimum atomic E-state index is -0.290. The molecule has 0 atom stereocenters. The number of ether oxygens (including phenoxy) is 3. The zero-order chi connectivity index (χ0) is 13.2. The van der Waals surface area contributed by atoms with Crippen LogP contribution in [0.2, 0.25) is 0 Å². The molecule has 0 spiro atoms. The fourth-order valence-electron chi connectivity index (χ4n) is 1.57. The van der Waals surface area contributed by atoms with E-state index in [0.717, 1.165) is 6.42 Å². The first-order valence-electron chi connectivity index (χ1n) is 6.18. The highest BCUT2D eigenvalue weighted by Crippen LogP contribution is 2.04. The Morgan fingerprint density at radius 2 is 2.17 bits per heavy atom. The molecule has 1 aromatic rings. The maximum Gasteiger partial charge on any atom is 0.354 e. The second-order valence-electron chi connectivity index (χ2n) is 3.77. The molecule has 0 amide bonds. The van der Waals surface area contributed by atoms with Crippen LogP contribution in [0.3, 0.4) is 0 Å². The molecule has 5 heteroatoms. The molecule has 18 heavy (non-hydrogen) atoms. The lowest BCUT2D eigenvalue weighted by atomic mass is 10.4. The maximum absolute atomic E-state index is 11.6. The Hall–Kier alpha value is -1.33. The van der Waals surface area contributed by atoms with Crippen molar-refractivity contribution in [3.63, 3.8) is 0 Å². The molecule has 102 valence electrons. The summed E-state index contributed by atoms with van der Waals surface area (Å²) < 4.78 is 17.2. The van der Waals surface area contributed by atoms with Gasteiger partial charge in [0.15, 0.2) is 0 Å². The first-order valence-corrected chi connectivity index (χ1v) is 6.18. The van der Waals surface area contributed by atoms with Crippen LogP contribution in [0.1, 0.15) is 23.8 Å². The van der Waals surface area contributed by atoms with Crippen molar-refractivity contribution in [1.29, 1.82) is 0 Å². The summed E-state index contributed by atoms with van der Waals surface area (Å²) in [4.78, 5) is 11.6. The molecule has 1 rings (SSSR count). The summed E-state index contributed by atoms with van der Waals surface area (Å²) in [6.45, 7) is 4.78. The Labute approximate surface area is 108 Å². The van der Waals surface area contributed by atoms with Crippen molar-refractivity contribution in [3.8, 4) is 0 Å². The first kappa shape index (κ1) is 14.7. The second-order valence-corrected chi connectivity index (χ2v) is 3.77. The number of rotatable bonds is 9. The van der Waals surface area contributed by atoms with Gasteiger partial charge in [-0.05, 0) is 25.5 Å². The van der Waals surface area contributed by atoms with E-state index in [4.69, 9.17) is 14.2 Å². The standard InChI is InChI=1S/C13H21NO4/c1-3-18-13(15)12-6-4-7-14(12)8-11-17-10-5-9-16-2/h4,6-7H,3,5,8-11H2,1-2H3. The van der Waals surface area contributed by atoms with Crippen molar-refractivity contribution in [3.05, 3.63) is 24.0 Å². The minimum absolute atomic E-state index is 0.290. The van der Waals surface area contributed by atoms with Gasteiger partial charge in [-0.25, -0.2) is 4.79 Å². The fraction of sp³-hybridized carbons (Fsp3) is 0.615. The van der Waals surface area contributed by atoms with Crippen LogP contribution < -0.4 is 0 Å². The molecular weight excluding hydrogens is 234 g/mol. The van der Waals surface area contributed by atoms with Gasteiger partial charge in [-0.15, -0.1) is 0 Å². The SMILES string of the molecule is CCOC(=O)c1cccn1CCOCCCOC. The van der Waals surface area contributed by atoms with Crippen molar-refractivity contribution >= 4 is 5.97 Å². The van der Waals surface area contributed by atoms with Gasteiger partial charge in [-0.3, -0.25) is 0 Å². The zero-order valence-electron chi connectivity index (χ0n) is 11.1. The van der Waals surface area contributed by atoms with Crippen molar-refractivity contribution in [2.24, 2.45) is 0 Å². The molecule has 0 aliphatic carbocycles. The third-order valence-corrected chi connectivity index (χ3v) is 2.43. The van der Waals surface area contributed by atoms with E-state index in [0.29, 0.717) is 38.7 Å². The number of methoxy groups -OCH3 is 1. The molecule has 0 saturated carbocycles. The van der Waals surface area contributed by atoms with Crippen LogP contribution in [0.5, 0.6) is 0 Å². The van der Waals surface area contributed by atoms with Crippen molar-refractivity contribution in [1.82, 2.24) is 4.57 Å². The molecule has 0 unspecified atom stereocenters. The molecular formula is C13H21NO4. The van der Waals surface area contributed by atoms with Gasteiger partial charge in [0.25, 0.3) is 0 Å². The Kier molecular flexibility index (Phi) is 7.13. The van der Waals surface area contributed by atoms with E-state index in [-0.39, 0.29) is 5.97 Å². The quantitative estimate of drug-likeness (QED) is 0.498. The molecule has 1 heterocycles. The third kappa shape index (κ3) is 4.89. The predicted octanol–water partition coefficient (Wildman–Crippen LogP) is 1.72. The van der Waals surface area contributed by atoms with Gasteiger partial charge < -0.3 is 18.8 Å². The molecule has 0 N–H and O–H groups in total. The topological polar surface area (TPSA) is 49.7 Å². The second kappa shape index (κ2) is 8.72. The van der Waals surface area contributed by atoms with Gasteiger partial charge >= 0.3 is 5.97 Å². The summed E-state index contributed by atoms with van der Waals surface area (Å²) in [6, 6.07) is 3.58. The summed E-state index contributed by atoms with van der Waals surface area (Å²) in [5.41, 5.74) is 0.567. The number of carbonyl (C=O) groups is 1. The van der Waals surface area contributed by atoms with Gasteiger partial charge in [0.05, 0.1) is 13.2 Å². The van der Waals surface area contributed by atoms with E-state index in [1.54, 1.807) is 20.1 Å². The minimum Gasteiger partial charge on any atom is -0.461 e. The summed E-state index contributed by atoms with van der Waals surface area (Å²) in [6.07, 6.45) is 2.73. The number of nitrogens with zero attached hydrogens (tertiary/aromatic N) is 1. The van der Waals surface area contributed by atoms with Crippen molar-refractivity contribution in [2.75, 3.05) is 33.5 Å². The highest BCUT2D eigenvalue weighted by molar-refractivity contribution is 5.87. The van der Waals surface area contributed by atoms with Gasteiger partial charge in [-0.1, -0.05) is 0 Å². The van der Waals surface area contributed by atoms with Crippen molar-refractivity contribution < 1.29 is 19.0 Å². The van der Waals surface area contributed by atoms with Crippen LogP contribution in [0.25, 0.3) is 0 Å². The zero-order valence-corrected chi connectivity index (χ0v) is 11.1. The van der Waals surface area contributed by atoms with Crippen LogP contribution in [0.15, 0.2) is 18.3 Å². The van der Waals surface area contributed by atoms with E-state index in [9.17, 15) is 4.79 Å². The number of hydrogen-bond acceptors (Lipinski definition) is 4. The van der Waals surface area contributed by atoms with Gasteiger partial charge in [0, 0.05) is 33.1 Å². The summed E-state index contributed by atoms with van der Waals surface area (Å²) in [5.74, 6) is -0.290. The molecule has 0 aliphatic heterocycles. The average molecular weight is 255 g/mol. The summed E-state index contributed by atoms with van der Waals surface area (Å²) in [7, 11) is 1.67. The Morgan fingerprint density at radius 3 is 2.89 bits per heavy atom. The molecule has 1 aromatic heterocycles. The molecule has 5 nitrogen and oxygen atoms in total. The fourth-order valence-corrected chi connectivity index (χ4v) is 1.57. The largest absolute Gasteiger partial charge is 0.461 e. The van der Waals surface area contributed by atoms with E-state index in [2.05, 4.69) is 0 Å². The van der Waals surface area contributed by atoms with Crippen LogP contribution in [0, 0.1) is 0 Å². The summed E-state index contributed by atoms with van der Waals surface area (Å²) >= 11 is 0. The molecule has 0 bridgehead atoms. The van der Waals surface area contributed by atoms with E-state index >= 15 is 0 Å². The molecule has 0 saturated heterocycles. The van der Waals surface area contributed by atoms with Gasteiger partial charge in [0.2, 0.25) is 0 Å². The first-order chi connectivity index (χ1) is 8.79. The highest BCUT2D eigenvalue weighted by Gasteiger charge is 2.10. The number of esters is 1. The average Bonchev–Trinajstić information content (AvgIpc) is 2.82. The molecule has 0 aliphatic rings. The van der Waals surface area contributed by atoms with Crippen LogP contribution in [-0.4, -0.2) is 44.1 Å². The van der Waals surface area contributed by atoms with Gasteiger partial charge in [0.1, 0.15) is 5.69 Å². The van der Waals surface area contributed by atoms with Crippen molar-refractivity contribution in [2.45, 2.75) is 19.9 Å². The molecule has 0 fully saturated rings. The van der Waals surface area contributed by atoms with Crippen LogP contribution >= 0.6 is 0 Å². The maximum atomic E-state index is 11.6. The molecule has 0 aromatic carbocycles. The van der Waals surface area contributed by atoms with Crippen LogP contribution in [-0.2, 0) is 20.8 Å². The lowest BCUT2D eigenvalue weighted by Crippen LogP contribution is -2.14. The van der Waals surface area contributed by atoms with Gasteiger partial charge in [-0.2, -0.15) is 0 Å². The Balaban J connectivity index is 2.30. The predicted molar refractivity (Wildman–Crippen MR) is 67.7 cm³/mol. The lowest BCUT2D eigenvalue weighted by Gasteiger charge is -2.09. The number of hydrogen-bond donors (Lipinski definition) is 0. The normalized spacial score (nSPS) is 10.6. The Bertz CT molecular complexity index is 349. The van der Waals surface area contributed by atoms with E-state index in [1.165, 1.54) is 0 Å². The van der Waals surface area contributed by atoms with Crippen LogP contribution in [0.4, 0.5) is 0 Å². The lowest BCUT2D eigenvalue weighted by molar-refractivity contribution is 0.0509. The third-order valence-electron chi connectivity index (χ3n) is 2.43. The monoisotopic (exact) mass is 255 g/mol. The molecule has 0 radical (unpaired) electrons. The Morgan fingerprint density at radius 1 is 1.33 bits per heavy atom. The smallest absolute Gasteiger partial charge is 0.354 e. The summed E-state index contributed by atoms with van der Waals surface area (Å²) in [5, 5.41) is 0. The number of carbonyl (C=O) groups excluding carboxylic acids is 1.